The number of nitrogens with zero attached hydrogens (tertiary/aromatic N) is 5. The first-order valence-electron chi connectivity index (χ1n) is 14.0. The molecule has 3 N–H and O–H groups in total. The highest BCUT2D eigenvalue weighted by atomic mass is 35.5. The second-order valence-electron chi connectivity index (χ2n) is 10.5. The Morgan fingerprint density at radius 1 is 1.05 bits per heavy atom. The molecule has 0 spiro atoms. The van der Waals surface area contributed by atoms with Gasteiger partial charge in [-0.1, -0.05) is 48.0 Å². The summed E-state index contributed by atoms with van der Waals surface area (Å²) in [5, 5.41) is 16.6. The number of hydrogen-bond donors (Lipinski definition) is 3. The molecule has 2 aliphatic heterocycles. The summed E-state index contributed by atoms with van der Waals surface area (Å²) in [6, 6.07) is 12.5. The molecular weight excluding hydrogens is 570 g/mol. The summed E-state index contributed by atoms with van der Waals surface area (Å²) in [6.07, 6.45) is 8.19. The van der Waals surface area contributed by atoms with E-state index in [9.17, 15) is 14.7 Å². The molecule has 11 nitrogen and oxygen atoms in total. The van der Waals surface area contributed by atoms with Crippen LogP contribution in [-0.2, 0) is 16.1 Å². The number of halogens is 1. The van der Waals surface area contributed by atoms with Crippen LogP contribution < -0.4 is 10.6 Å². The molecule has 2 aromatic heterocycles. The summed E-state index contributed by atoms with van der Waals surface area (Å²) >= 11 is 6.46. The SMILES string of the molecule is O=C(CN1Cc2ccc(-c3nc(NC4CCOCC4)ncc3Cl)cc2C1=O)N[C@H](CO)c1ccc(-c2cncnc2)cc1. The largest absolute Gasteiger partial charge is 0.394 e. The van der Waals surface area contributed by atoms with Crippen LogP contribution in [0.25, 0.3) is 22.4 Å². The molecular formula is C31H30ClN7O4. The number of aliphatic hydroxyl groups excluding tert-OH is 1. The van der Waals surface area contributed by atoms with Crippen molar-refractivity contribution in [2.24, 2.45) is 0 Å². The van der Waals surface area contributed by atoms with Gasteiger partial charge in [0.2, 0.25) is 11.9 Å². The Labute approximate surface area is 253 Å². The zero-order chi connectivity index (χ0) is 29.8. The fourth-order valence-corrected chi connectivity index (χ4v) is 5.50. The third-order valence-electron chi connectivity index (χ3n) is 7.62. The monoisotopic (exact) mass is 599 g/mol. The second-order valence-corrected chi connectivity index (χ2v) is 10.9. The Morgan fingerprint density at radius 3 is 2.53 bits per heavy atom. The number of aromatic nitrogens is 4. The van der Waals surface area contributed by atoms with Crippen molar-refractivity contribution < 1.29 is 19.4 Å². The highest BCUT2D eigenvalue weighted by Gasteiger charge is 2.30. The molecule has 2 aliphatic rings. The fourth-order valence-electron chi connectivity index (χ4n) is 5.30. The van der Waals surface area contributed by atoms with Crippen LogP contribution in [0.1, 0.15) is 40.4 Å². The maximum atomic E-state index is 13.3. The molecule has 0 aliphatic carbocycles. The molecule has 4 heterocycles. The minimum Gasteiger partial charge on any atom is -0.394 e. The van der Waals surface area contributed by atoms with E-state index in [1.54, 1.807) is 24.7 Å². The van der Waals surface area contributed by atoms with Crippen molar-refractivity contribution in [2.75, 3.05) is 31.7 Å². The number of rotatable bonds is 9. The van der Waals surface area contributed by atoms with Crippen molar-refractivity contribution in [3.05, 3.63) is 89.1 Å². The van der Waals surface area contributed by atoms with Gasteiger partial charge in [-0.05, 0) is 35.6 Å². The fraction of sp³-hybridized carbons (Fsp3) is 0.290. The summed E-state index contributed by atoms with van der Waals surface area (Å²) in [4.78, 5) is 44.8. The average molecular weight is 600 g/mol. The topological polar surface area (TPSA) is 142 Å². The number of carbonyl (C=O) groups excluding carboxylic acids is 2. The van der Waals surface area contributed by atoms with Gasteiger partial charge in [0.05, 0.1) is 29.6 Å². The predicted octanol–water partition coefficient (Wildman–Crippen LogP) is 3.65. The Kier molecular flexibility index (Phi) is 8.55. The van der Waals surface area contributed by atoms with E-state index >= 15 is 0 Å². The number of fused-ring (bicyclic) bond motifs is 1. The first kappa shape index (κ1) is 28.7. The van der Waals surface area contributed by atoms with Gasteiger partial charge in [0, 0.05) is 54.9 Å². The lowest BCUT2D eigenvalue weighted by molar-refractivity contribution is -0.122. The van der Waals surface area contributed by atoms with E-state index in [0.29, 0.717) is 47.6 Å². The summed E-state index contributed by atoms with van der Waals surface area (Å²) < 4.78 is 5.42. The number of amides is 2. The van der Waals surface area contributed by atoms with Crippen molar-refractivity contribution in [3.63, 3.8) is 0 Å². The zero-order valence-corrected chi connectivity index (χ0v) is 24.0. The smallest absolute Gasteiger partial charge is 0.254 e. The van der Waals surface area contributed by atoms with Crippen molar-refractivity contribution in [2.45, 2.75) is 31.5 Å². The van der Waals surface area contributed by atoms with E-state index in [4.69, 9.17) is 16.3 Å². The molecule has 4 aromatic rings. The summed E-state index contributed by atoms with van der Waals surface area (Å²) in [5.41, 5.74) is 5.04. The first-order valence-corrected chi connectivity index (χ1v) is 14.4. The van der Waals surface area contributed by atoms with Gasteiger partial charge in [-0.15, -0.1) is 0 Å². The summed E-state index contributed by atoms with van der Waals surface area (Å²) in [7, 11) is 0. The van der Waals surface area contributed by atoms with Gasteiger partial charge in [-0.3, -0.25) is 9.59 Å². The maximum absolute atomic E-state index is 13.3. The number of ether oxygens (including phenoxy) is 1. The number of hydrogen-bond acceptors (Lipinski definition) is 9. The molecule has 0 bridgehead atoms. The van der Waals surface area contributed by atoms with Crippen molar-refractivity contribution in [3.8, 4) is 22.4 Å². The highest BCUT2D eigenvalue weighted by molar-refractivity contribution is 6.33. The second kappa shape index (κ2) is 12.8. The molecule has 0 radical (unpaired) electrons. The van der Waals surface area contributed by atoms with Gasteiger partial charge in [-0.2, -0.15) is 0 Å². The molecule has 2 amide bonds. The number of benzene rings is 2. The van der Waals surface area contributed by atoms with Crippen molar-refractivity contribution in [1.82, 2.24) is 30.2 Å². The number of nitrogens with one attached hydrogen (secondary N) is 2. The standard InChI is InChI=1S/C31H30ClN7O4/c32-26-14-35-31(36-24-7-9-43-10-8-24)38-29(26)21-5-6-22-15-39(30(42)25(22)11-21)16-28(41)37-27(17-40)20-3-1-19(2-4-20)23-12-33-18-34-13-23/h1-6,11-14,18,24,27,40H,7-10,15-17H2,(H,37,41)(H,35,36,38)/t27-/m1/s1. The Hall–Kier alpha value is -4.45. The van der Waals surface area contributed by atoms with Gasteiger partial charge in [0.25, 0.3) is 5.91 Å². The van der Waals surface area contributed by atoms with Crippen molar-refractivity contribution >= 4 is 29.4 Å². The van der Waals surface area contributed by atoms with Gasteiger partial charge >= 0.3 is 0 Å². The van der Waals surface area contributed by atoms with E-state index in [0.717, 1.165) is 35.1 Å². The first-order chi connectivity index (χ1) is 21.0. The Morgan fingerprint density at radius 2 is 1.79 bits per heavy atom. The van der Waals surface area contributed by atoms with E-state index in [-0.39, 0.29) is 31.0 Å². The van der Waals surface area contributed by atoms with Gasteiger partial charge in [0.15, 0.2) is 0 Å². The molecule has 12 heteroatoms. The number of aliphatic hydroxyl groups is 1. The lowest BCUT2D eigenvalue weighted by atomic mass is 10.0. The summed E-state index contributed by atoms with van der Waals surface area (Å²) in [6.45, 7) is 1.25. The van der Waals surface area contributed by atoms with E-state index < -0.39 is 6.04 Å². The molecule has 6 rings (SSSR count). The van der Waals surface area contributed by atoms with Crippen LogP contribution >= 0.6 is 11.6 Å². The van der Waals surface area contributed by atoms with Gasteiger partial charge < -0.3 is 25.4 Å². The Bertz CT molecular complexity index is 1610. The maximum Gasteiger partial charge on any atom is 0.254 e. The molecule has 1 saturated heterocycles. The number of carbonyl (C=O) groups is 2. The molecule has 1 atom stereocenters. The van der Waals surface area contributed by atoms with Crippen LogP contribution in [0.15, 0.2) is 67.4 Å². The van der Waals surface area contributed by atoms with Gasteiger partial charge in [0.1, 0.15) is 12.9 Å². The molecule has 0 saturated carbocycles. The third kappa shape index (κ3) is 6.48. The molecule has 0 unspecified atom stereocenters. The van der Waals surface area contributed by atoms with E-state index in [2.05, 4.69) is 30.6 Å². The van der Waals surface area contributed by atoms with Crippen molar-refractivity contribution in [1.29, 1.82) is 0 Å². The lowest BCUT2D eigenvalue weighted by Crippen LogP contribution is -2.40. The minimum atomic E-state index is -0.621. The van der Waals surface area contributed by atoms with Crippen LogP contribution in [0, 0.1) is 0 Å². The lowest BCUT2D eigenvalue weighted by Gasteiger charge is -2.23. The molecule has 1 fully saturated rings. The highest BCUT2D eigenvalue weighted by Crippen LogP contribution is 2.32. The average Bonchev–Trinajstić information content (AvgIpc) is 3.35. The van der Waals surface area contributed by atoms with E-state index in [1.165, 1.54) is 11.2 Å². The number of anilines is 1. The quantitative estimate of drug-likeness (QED) is 0.263. The normalized spacial score (nSPS) is 15.7. The van der Waals surface area contributed by atoms with E-state index in [1.807, 2.05) is 36.4 Å². The molecule has 43 heavy (non-hydrogen) atoms. The van der Waals surface area contributed by atoms with Crippen LogP contribution in [-0.4, -0.2) is 74.2 Å². The van der Waals surface area contributed by atoms with Crippen LogP contribution in [0.2, 0.25) is 5.02 Å². The van der Waals surface area contributed by atoms with Gasteiger partial charge in [-0.25, -0.2) is 19.9 Å². The zero-order valence-electron chi connectivity index (χ0n) is 23.2. The van der Waals surface area contributed by atoms with Crippen LogP contribution in [0.5, 0.6) is 0 Å². The van der Waals surface area contributed by atoms with Crippen LogP contribution in [0.4, 0.5) is 5.95 Å². The Balaban J connectivity index is 1.11. The minimum absolute atomic E-state index is 0.147. The third-order valence-corrected chi connectivity index (χ3v) is 7.90. The molecule has 220 valence electrons. The molecule has 2 aromatic carbocycles. The van der Waals surface area contributed by atoms with Crippen LogP contribution in [0.3, 0.4) is 0 Å². The predicted molar refractivity (Wildman–Crippen MR) is 160 cm³/mol. The summed E-state index contributed by atoms with van der Waals surface area (Å²) in [5.74, 6) is -0.157.